The van der Waals surface area contributed by atoms with Crippen molar-refractivity contribution in [2.45, 2.75) is 110 Å². The van der Waals surface area contributed by atoms with E-state index in [2.05, 4.69) is 19.1 Å². The Morgan fingerprint density at radius 2 is 1.29 bits per heavy atom. The molecule has 8 bridgehead atoms. The smallest absolute Gasteiger partial charge is 0.0168 e. The molecule has 0 nitrogen and oxygen atoms in total. The van der Waals surface area contributed by atoms with Gasteiger partial charge in [-0.2, -0.15) is 0 Å². The predicted octanol–water partition coefficient (Wildman–Crippen LogP) is 9.16. The van der Waals surface area contributed by atoms with Gasteiger partial charge in [0.15, 0.2) is 0 Å². The zero-order chi connectivity index (χ0) is 22.9. The molecule has 0 heterocycles. The van der Waals surface area contributed by atoms with Crippen molar-refractivity contribution in [2.24, 2.45) is 94.2 Å². The second-order valence-electron chi connectivity index (χ2n) is 16.1. The van der Waals surface area contributed by atoms with Crippen molar-refractivity contribution in [3.8, 4) is 0 Å². The van der Waals surface area contributed by atoms with Crippen LogP contribution in [0.15, 0.2) is 12.2 Å². The summed E-state index contributed by atoms with van der Waals surface area (Å²) in [5, 5.41) is 0. The Morgan fingerprint density at radius 3 is 2.06 bits per heavy atom. The number of hydrogen-bond donors (Lipinski definition) is 0. The van der Waals surface area contributed by atoms with E-state index in [0.717, 1.165) is 35.0 Å². The second kappa shape index (κ2) is 7.65. The third kappa shape index (κ3) is 2.67. The first-order valence-corrected chi connectivity index (χ1v) is 17.0. The summed E-state index contributed by atoms with van der Waals surface area (Å²) in [6.07, 6.45) is 30.7. The third-order valence-corrected chi connectivity index (χ3v) is 15.7. The van der Waals surface area contributed by atoms with Crippen LogP contribution in [0.1, 0.15) is 110 Å². The SMILES string of the molecule is CCCCCCCCCC12CC3C(CC1C1C=CC2C1)C1CC3C2C3CC(C4C5CCC(C5)C34)C12. The highest BCUT2D eigenvalue weighted by Gasteiger charge is 2.75. The average molecular weight is 473 g/mol. The van der Waals surface area contributed by atoms with Gasteiger partial charge >= 0.3 is 0 Å². The number of rotatable bonds is 8. The van der Waals surface area contributed by atoms with Crippen molar-refractivity contribution < 1.29 is 0 Å². The van der Waals surface area contributed by atoms with Gasteiger partial charge in [0, 0.05) is 0 Å². The molecule has 0 radical (unpaired) electrons. The standard InChI is InChI=1S/C35H52/c1-2-3-4-5-6-7-8-13-35-19-29-24(18-30(35)20-11-12-23(35)15-20)25-16-26(29)34-28-17-27(33(25)34)31-21-9-10-22(14-21)32(28)31/h11-12,20-34H,2-10,13-19H2,1H3. The van der Waals surface area contributed by atoms with E-state index in [1.165, 1.54) is 97.7 Å². The van der Waals surface area contributed by atoms with Crippen LogP contribution in [0, 0.1) is 94.2 Å². The maximum Gasteiger partial charge on any atom is -0.0168 e. The fraction of sp³-hybridized carbons (Fsp3) is 0.943. The van der Waals surface area contributed by atoms with Gasteiger partial charge in [-0.3, -0.25) is 0 Å². The minimum atomic E-state index is 0.747. The van der Waals surface area contributed by atoms with Crippen molar-refractivity contribution in [3.63, 3.8) is 0 Å². The molecule has 9 aliphatic rings. The van der Waals surface area contributed by atoms with Crippen LogP contribution in [0.5, 0.6) is 0 Å². The molecular formula is C35H52. The lowest BCUT2D eigenvalue weighted by Crippen LogP contribution is -2.51. The van der Waals surface area contributed by atoms with Gasteiger partial charge in [-0.05, 0) is 152 Å². The molecule has 0 amide bonds. The van der Waals surface area contributed by atoms with Crippen molar-refractivity contribution in [1.82, 2.24) is 0 Å². The summed E-state index contributed by atoms with van der Waals surface area (Å²) in [5.74, 6) is 17.4. The van der Waals surface area contributed by atoms with E-state index in [4.69, 9.17) is 0 Å². The van der Waals surface area contributed by atoms with Gasteiger partial charge < -0.3 is 0 Å². The highest BCUT2D eigenvalue weighted by atomic mass is 14.8. The zero-order valence-corrected chi connectivity index (χ0v) is 22.6. The van der Waals surface area contributed by atoms with Crippen molar-refractivity contribution in [1.29, 1.82) is 0 Å². The van der Waals surface area contributed by atoms with E-state index in [-0.39, 0.29) is 0 Å². The van der Waals surface area contributed by atoms with Gasteiger partial charge in [0.25, 0.3) is 0 Å². The molecule has 16 unspecified atom stereocenters. The molecule has 0 N–H and O–H groups in total. The Hall–Kier alpha value is -0.260. The molecule has 0 saturated heterocycles. The molecule has 0 aromatic carbocycles. The van der Waals surface area contributed by atoms with Crippen LogP contribution in [0.25, 0.3) is 0 Å². The summed E-state index contributed by atoms with van der Waals surface area (Å²) in [7, 11) is 0. The largest absolute Gasteiger partial charge is 0.0848 e. The van der Waals surface area contributed by atoms with E-state index >= 15 is 0 Å². The first-order valence-electron chi connectivity index (χ1n) is 17.0. The Labute approximate surface area is 215 Å². The molecule has 192 valence electrons. The van der Waals surface area contributed by atoms with E-state index in [1.807, 2.05) is 0 Å². The van der Waals surface area contributed by atoms with Crippen molar-refractivity contribution in [2.75, 3.05) is 0 Å². The molecule has 8 saturated carbocycles. The van der Waals surface area contributed by atoms with Crippen LogP contribution in [0.3, 0.4) is 0 Å². The monoisotopic (exact) mass is 472 g/mol. The number of hydrogen-bond acceptors (Lipinski definition) is 0. The summed E-state index contributed by atoms with van der Waals surface area (Å²) >= 11 is 0. The number of allylic oxidation sites excluding steroid dienone is 2. The minimum absolute atomic E-state index is 0.747. The van der Waals surface area contributed by atoms with Gasteiger partial charge in [0.05, 0.1) is 0 Å². The van der Waals surface area contributed by atoms with Gasteiger partial charge in [-0.25, -0.2) is 0 Å². The Balaban J connectivity index is 0.951. The van der Waals surface area contributed by atoms with Crippen LogP contribution >= 0.6 is 0 Å². The van der Waals surface area contributed by atoms with Crippen LogP contribution in [-0.4, -0.2) is 0 Å². The first kappa shape index (κ1) is 21.6. The molecule has 0 aromatic heterocycles. The predicted molar refractivity (Wildman–Crippen MR) is 143 cm³/mol. The Bertz CT molecular complexity index is 884. The van der Waals surface area contributed by atoms with E-state index in [0.29, 0.717) is 0 Å². The quantitative estimate of drug-likeness (QED) is 0.188. The molecule has 35 heavy (non-hydrogen) atoms. The summed E-state index contributed by atoms with van der Waals surface area (Å²) in [5.41, 5.74) is 0.747. The van der Waals surface area contributed by atoms with Crippen LogP contribution in [0.2, 0.25) is 0 Å². The fourth-order valence-electron chi connectivity index (χ4n) is 15.2. The molecule has 16 atom stereocenters. The molecule has 9 aliphatic carbocycles. The summed E-state index contributed by atoms with van der Waals surface area (Å²) in [4.78, 5) is 0. The van der Waals surface area contributed by atoms with Gasteiger partial charge in [-0.1, -0.05) is 64.0 Å². The fourth-order valence-corrected chi connectivity index (χ4v) is 15.2. The van der Waals surface area contributed by atoms with E-state index in [1.54, 1.807) is 64.2 Å². The lowest BCUT2D eigenvalue weighted by molar-refractivity contribution is -0.0786. The molecule has 0 aromatic rings. The summed E-state index contributed by atoms with van der Waals surface area (Å²) < 4.78 is 0. The molecular weight excluding hydrogens is 420 g/mol. The molecule has 0 heteroatoms. The van der Waals surface area contributed by atoms with Crippen LogP contribution < -0.4 is 0 Å². The van der Waals surface area contributed by atoms with Crippen molar-refractivity contribution >= 4 is 0 Å². The van der Waals surface area contributed by atoms with E-state index < -0.39 is 0 Å². The lowest BCUT2D eigenvalue weighted by Gasteiger charge is -2.57. The topological polar surface area (TPSA) is 0 Å². The van der Waals surface area contributed by atoms with Crippen LogP contribution in [0.4, 0.5) is 0 Å². The maximum atomic E-state index is 2.75. The summed E-state index contributed by atoms with van der Waals surface area (Å²) in [6.45, 7) is 2.35. The molecule has 9 rings (SSSR count). The van der Waals surface area contributed by atoms with Gasteiger partial charge in [-0.15, -0.1) is 0 Å². The van der Waals surface area contributed by atoms with E-state index in [9.17, 15) is 0 Å². The second-order valence-corrected chi connectivity index (χ2v) is 16.1. The third-order valence-electron chi connectivity index (χ3n) is 15.7. The van der Waals surface area contributed by atoms with Crippen molar-refractivity contribution in [3.05, 3.63) is 12.2 Å². The first-order chi connectivity index (χ1) is 17.3. The number of fused-ring (bicyclic) bond motifs is 24. The number of unbranched alkanes of at least 4 members (excludes halogenated alkanes) is 6. The molecule has 0 spiro atoms. The Kier molecular flexibility index (Phi) is 4.73. The van der Waals surface area contributed by atoms with Crippen LogP contribution in [-0.2, 0) is 0 Å². The van der Waals surface area contributed by atoms with Gasteiger partial charge in [0.2, 0.25) is 0 Å². The highest BCUT2D eigenvalue weighted by molar-refractivity contribution is 5.26. The normalized spacial score (nSPS) is 61.0. The maximum absolute atomic E-state index is 2.75. The zero-order valence-electron chi connectivity index (χ0n) is 22.6. The van der Waals surface area contributed by atoms with Gasteiger partial charge in [0.1, 0.15) is 0 Å². The minimum Gasteiger partial charge on any atom is -0.0848 e. The lowest BCUT2D eigenvalue weighted by atomic mass is 9.48. The molecule has 0 aliphatic heterocycles. The molecule has 8 fully saturated rings. The summed E-state index contributed by atoms with van der Waals surface area (Å²) in [6, 6.07) is 0. The average Bonchev–Trinajstić information content (AvgIpc) is 3.71. The Morgan fingerprint density at radius 1 is 0.600 bits per heavy atom. The highest BCUT2D eigenvalue weighted by Crippen LogP contribution is 2.81.